The molecular formula is C7H10ClNO4S3. The fraction of sp³-hybridized carbons (Fsp3) is 0.429. The summed E-state index contributed by atoms with van der Waals surface area (Å²) in [6.07, 6.45) is 1.50. The van der Waals surface area contributed by atoms with E-state index in [9.17, 15) is 16.8 Å². The van der Waals surface area contributed by atoms with Crippen molar-refractivity contribution in [2.24, 2.45) is 0 Å². The van der Waals surface area contributed by atoms with E-state index in [1.807, 2.05) is 0 Å². The molecule has 0 amide bonds. The molecule has 0 fully saturated rings. The number of hydrogen-bond donors (Lipinski definition) is 1. The molecule has 0 bridgehead atoms. The highest BCUT2D eigenvalue weighted by molar-refractivity contribution is 8.15. The number of halogens is 1. The van der Waals surface area contributed by atoms with E-state index in [-0.39, 0.29) is 10.8 Å². The normalized spacial score (nSPS) is 12.9. The maximum atomic E-state index is 10.9. The molecule has 1 rings (SSSR count). The average molecular weight is 304 g/mol. The molecule has 0 saturated carbocycles. The lowest BCUT2D eigenvalue weighted by Gasteiger charge is -1.99. The summed E-state index contributed by atoms with van der Waals surface area (Å²) in [5.41, 5.74) is 0. The first-order valence-corrected chi connectivity index (χ1v) is 9.18. The summed E-state index contributed by atoms with van der Waals surface area (Å²) in [4.78, 5) is 0.760. The van der Waals surface area contributed by atoms with Crippen molar-refractivity contribution in [2.75, 3.05) is 12.8 Å². The molecule has 0 aliphatic heterocycles. The summed E-state index contributed by atoms with van der Waals surface area (Å²) < 4.78 is 45.8. The van der Waals surface area contributed by atoms with Crippen LogP contribution in [0.2, 0.25) is 0 Å². The standard InChI is InChI=1S/C7H10ClNO4S3/c1-15(10,11)9-5-4-6-2-3-7(14-6)16(8,12)13/h2-3,9H,4-5H2,1H3. The Bertz CT molecular complexity index is 560. The van der Waals surface area contributed by atoms with Gasteiger partial charge in [0.2, 0.25) is 10.0 Å². The van der Waals surface area contributed by atoms with Gasteiger partial charge in [0.15, 0.2) is 0 Å². The summed E-state index contributed by atoms with van der Waals surface area (Å²) in [5, 5.41) is 0. The molecule has 0 atom stereocenters. The third-order valence-corrected chi connectivity index (χ3v) is 5.58. The van der Waals surface area contributed by atoms with Gasteiger partial charge < -0.3 is 0 Å². The molecule has 16 heavy (non-hydrogen) atoms. The van der Waals surface area contributed by atoms with E-state index in [0.29, 0.717) is 6.42 Å². The Kier molecular flexibility index (Phi) is 4.35. The SMILES string of the molecule is CS(=O)(=O)NCCc1ccc(S(=O)(=O)Cl)s1. The van der Waals surface area contributed by atoms with Crippen LogP contribution >= 0.6 is 22.0 Å². The van der Waals surface area contributed by atoms with Gasteiger partial charge in [-0.1, -0.05) is 0 Å². The second kappa shape index (κ2) is 5.01. The summed E-state index contributed by atoms with van der Waals surface area (Å²) in [5.74, 6) is 0. The molecular weight excluding hydrogens is 294 g/mol. The number of thiophene rings is 1. The predicted octanol–water partition coefficient (Wildman–Crippen LogP) is 0.767. The molecule has 0 saturated heterocycles. The molecule has 0 aliphatic rings. The molecule has 9 heteroatoms. The third kappa shape index (κ3) is 4.79. The molecule has 0 spiro atoms. The van der Waals surface area contributed by atoms with Crippen LogP contribution in [0, 0.1) is 0 Å². The summed E-state index contributed by atoms with van der Waals surface area (Å²) in [6.45, 7) is 0.237. The molecule has 0 aromatic carbocycles. The molecule has 1 N–H and O–H groups in total. The van der Waals surface area contributed by atoms with Gasteiger partial charge in [-0.05, 0) is 18.6 Å². The molecule has 1 heterocycles. The molecule has 0 radical (unpaired) electrons. The summed E-state index contributed by atoms with van der Waals surface area (Å²) >= 11 is 1.04. The van der Waals surface area contributed by atoms with E-state index in [2.05, 4.69) is 4.72 Å². The highest BCUT2D eigenvalue weighted by Gasteiger charge is 2.13. The third-order valence-electron chi connectivity index (χ3n) is 1.61. The van der Waals surface area contributed by atoms with E-state index in [1.165, 1.54) is 6.07 Å². The number of nitrogens with one attached hydrogen (secondary N) is 1. The Balaban J connectivity index is 2.61. The smallest absolute Gasteiger partial charge is 0.215 e. The van der Waals surface area contributed by atoms with Gasteiger partial charge in [0.1, 0.15) is 4.21 Å². The summed E-state index contributed by atoms with van der Waals surface area (Å²) in [6, 6.07) is 3.02. The predicted molar refractivity (Wildman–Crippen MR) is 63.9 cm³/mol. The molecule has 1 aromatic heterocycles. The maximum Gasteiger partial charge on any atom is 0.270 e. The largest absolute Gasteiger partial charge is 0.270 e. The first-order chi connectivity index (χ1) is 7.18. The van der Waals surface area contributed by atoms with Gasteiger partial charge in [0.25, 0.3) is 9.05 Å². The second-order valence-electron chi connectivity index (χ2n) is 3.08. The Labute approximate surface area is 103 Å². The Hall–Kier alpha value is -0.150. The van der Waals surface area contributed by atoms with Crippen LogP contribution in [0.5, 0.6) is 0 Å². The lowest BCUT2D eigenvalue weighted by Crippen LogP contribution is -2.23. The van der Waals surface area contributed by atoms with E-state index in [4.69, 9.17) is 10.7 Å². The van der Waals surface area contributed by atoms with E-state index in [1.54, 1.807) is 6.07 Å². The molecule has 92 valence electrons. The van der Waals surface area contributed by atoms with Crippen molar-refractivity contribution < 1.29 is 16.8 Å². The van der Waals surface area contributed by atoms with Crippen LogP contribution in [-0.2, 0) is 25.5 Å². The fourth-order valence-electron chi connectivity index (χ4n) is 0.983. The second-order valence-corrected chi connectivity index (χ2v) is 8.87. The average Bonchev–Trinajstić information content (AvgIpc) is 2.49. The van der Waals surface area contributed by atoms with Crippen LogP contribution < -0.4 is 4.72 Å². The molecule has 1 aromatic rings. The monoisotopic (exact) mass is 303 g/mol. The van der Waals surface area contributed by atoms with Gasteiger partial charge >= 0.3 is 0 Å². The van der Waals surface area contributed by atoms with Crippen molar-refractivity contribution >= 4 is 41.1 Å². The number of hydrogen-bond acceptors (Lipinski definition) is 5. The summed E-state index contributed by atoms with van der Waals surface area (Å²) in [7, 11) is -1.74. The van der Waals surface area contributed by atoms with Crippen LogP contribution in [0.3, 0.4) is 0 Å². The molecule has 0 aliphatic carbocycles. The van der Waals surface area contributed by atoms with Gasteiger partial charge in [-0.3, -0.25) is 0 Å². The van der Waals surface area contributed by atoms with Gasteiger partial charge in [0, 0.05) is 22.1 Å². The van der Waals surface area contributed by atoms with E-state index < -0.39 is 19.1 Å². The molecule has 0 unspecified atom stereocenters. The Morgan fingerprint density at radius 1 is 1.31 bits per heavy atom. The zero-order valence-corrected chi connectivity index (χ0v) is 11.5. The van der Waals surface area contributed by atoms with Crippen molar-refractivity contribution in [1.82, 2.24) is 4.72 Å². The van der Waals surface area contributed by atoms with Gasteiger partial charge in [-0.2, -0.15) is 0 Å². The van der Waals surface area contributed by atoms with E-state index in [0.717, 1.165) is 22.5 Å². The highest BCUT2D eigenvalue weighted by Crippen LogP contribution is 2.24. The molecule has 5 nitrogen and oxygen atoms in total. The number of rotatable bonds is 5. The topological polar surface area (TPSA) is 80.3 Å². The van der Waals surface area contributed by atoms with Gasteiger partial charge in [-0.15, -0.1) is 11.3 Å². The van der Waals surface area contributed by atoms with Crippen LogP contribution in [0.1, 0.15) is 4.88 Å². The van der Waals surface area contributed by atoms with Crippen molar-refractivity contribution in [2.45, 2.75) is 10.6 Å². The van der Waals surface area contributed by atoms with E-state index >= 15 is 0 Å². The van der Waals surface area contributed by atoms with Crippen LogP contribution in [0.25, 0.3) is 0 Å². The van der Waals surface area contributed by atoms with Gasteiger partial charge in [0.05, 0.1) is 6.26 Å². The Morgan fingerprint density at radius 3 is 2.38 bits per heavy atom. The lowest BCUT2D eigenvalue weighted by molar-refractivity contribution is 0.588. The minimum atomic E-state index is -3.68. The fourth-order valence-corrected chi connectivity index (χ4v) is 3.58. The first-order valence-electron chi connectivity index (χ1n) is 4.16. The minimum absolute atomic E-state index is 0.0727. The van der Waals surface area contributed by atoms with Crippen LogP contribution in [-0.4, -0.2) is 29.6 Å². The number of sulfonamides is 1. The zero-order chi connectivity index (χ0) is 12.4. The van der Waals surface area contributed by atoms with Crippen LogP contribution in [0.15, 0.2) is 16.3 Å². The van der Waals surface area contributed by atoms with Crippen molar-refractivity contribution in [3.8, 4) is 0 Å². The lowest BCUT2D eigenvalue weighted by atomic mass is 10.3. The zero-order valence-electron chi connectivity index (χ0n) is 8.30. The van der Waals surface area contributed by atoms with Gasteiger partial charge in [-0.25, -0.2) is 21.6 Å². The van der Waals surface area contributed by atoms with Crippen LogP contribution in [0.4, 0.5) is 0 Å². The van der Waals surface area contributed by atoms with Crippen molar-refractivity contribution in [3.63, 3.8) is 0 Å². The van der Waals surface area contributed by atoms with Crippen molar-refractivity contribution in [1.29, 1.82) is 0 Å². The minimum Gasteiger partial charge on any atom is -0.215 e. The quantitative estimate of drug-likeness (QED) is 0.815. The Morgan fingerprint density at radius 2 is 1.94 bits per heavy atom. The highest BCUT2D eigenvalue weighted by atomic mass is 35.7. The maximum absolute atomic E-state index is 10.9. The first kappa shape index (κ1) is 13.9. The van der Waals surface area contributed by atoms with Crippen molar-refractivity contribution in [3.05, 3.63) is 17.0 Å².